The Morgan fingerprint density at radius 2 is 1.74 bits per heavy atom. The van der Waals surface area contributed by atoms with Crippen LogP contribution >= 0.6 is 0 Å². The summed E-state index contributed by atoms with van der Waals surface area (Å²) >= 11 is 0. The molecule has 0 saturated carbocycles. The maximum Gasteiger partial charge on any atom is 0.308 e. The smallest absolute Gasteiger partial charge is 0.308 e. The average molecular weight is 375 g/mol. The first kappa shape index (κ1) is 22.8. The Hall–Kier alpha value is -2.23. The van der Waals surface area contributed by atoms with Crippen LogP contribution < -0.4 is 4.74 Å². The lowest BCUT2D eigenvalue weighted by molar-refractivity contribution is -0.132. The van der Waals surface area contributed by atoms with E-state index in [-0.39, 0.29) is 17.2 Å². The van der Waals surface area contributed by atoms with Crippen LogP contribution in [-0.2, 0) is 17.6 Å². The number of phenolic OH excluding ortho intramolecular Hbond substituents is 2. The van der Waals surface area contributed by atoms with Crippen molar-refractivity contribution in [2.24, 2.45) is 0 Å². The van der Waals surface area contributed by atoms with E-state index in [0.29, 0.717) is 12.8 Å². The number of unbranched alkanes of at least 4 members (excludes halogenated alkanes) is 2. The molecule has 2 N–H and O–H groups in total. The first-order valence-corrected chi connectivity index (χ1v) is 9.80. The fourth-order valence-electron chi connectivity index (χ4n) is 3.00. The molecule has 0 fully saturated rings. The van der Waals surface area contributed by atoms with Gasteiger partial charge in [-0.05, 0) is 52.9 Å². The number of carbonyl (C=O) groups is 1. The van der Waals surface area contributed by atoms with Crippen molar-refractivity contribution in [2.45, 2.75) is 79.6 Å². The molecule has 0 unspecified atom stereocenters. The third-order valence-electron chi connectivity index (χ3n) is 4.48. The second-order valence-electron chi connectivity index (χ2n) is 7.33. The largest absolute Gasteiger partial charge is 0.508 e. The molecular weight excluding hydrogens is 340 g/mol. The summed E-state index contributed by atoms with van der Waals surface area (Å²) < 4.78 is 5.27. The van der Waals surface area contributed by atoms with Crippen molar-refractivity contribution in [2.75, 3.05) is 0 Å². The third-order valence-corrected chi connectivity index (χ3v) is 4.48. The topological polar surface area (TPSA) is 66.8 Å². The Morgan fingerprint density at radius 1 is 1.04 bits per heavy atom. The van der Waals surface area contributed by atoms with Gasteiger partial charge < -0.3 is 14.9 Å². The van der Waals surface area contributed by atoms with Crippen molar-refractivity contribution < 1.29 is 19.7 Å². The van der Waals surface area contributed by atoms with E-state index < -0.39 is 5.97 Å². The van der Waals surface area contributed by atoms with Crippen molar-refractivity contribution in [3.8, 4) is 17.2 Å². The molecule has 0 amide bonds. The highest BCUT2D eigenvalue weighted by atomic mass is 16.5. The molecule has 0 radical (unpaired) electrons. The van der Waals surface area contributed by atoms with Gasteiger partial charge in [-0.1, -0.05) is 43.1 Å². The molecule has 0 atom stereocenters. The number of hydrogen-bond donors (Lipinski definition) is 2. The summed E-state index contributed by atoms with van der Waals surface area (Å²) in [6, 6.07) is 1.27. The number of allylic oxidation sites excluding steroid dienone is 4. The van der Waals surface area contributed by atoms with Gasteiger partial charge in [-0.3, -0.25) is 4.79 Å². The van der Waals surface area contributed by atoms with Crippen molar-refractivity contribution in [3.63, 3.8) is 0 Å². The molecule has 1 aromatic rings. The molecule has 0 spiro atoms. The molecule has 4 nitrogen and oxygen atoms in total. The molecule has 0 heterocycles. The van der Waals surface area contributed by atoms with Gasteiger partial charge in [0, 0.05) is 24.1 Å². The molecule has 0 saturated heterocycles. The minimum Gasteiger partial charge on any atom is -0.508 e. The van der Waals surface area contributed by atoms with Gasteiger partial charge in [0.1, 0.15) is 5.75 Å². The van der Waals surface area contributed by atoms with Gasteiger partial charge in [-0.2, -0.15) is 0 Å². The molecule has 27 heavy (non-hydrogen) atoms. The van der Waals surface area contributed by atoms with Crippen LogP contribution in [0, 0.1) is 0 Å². The summed E-state index contributed by atoms with van der Waals surface area (Å²) in [5.41, 5.74) is 4.00. The first-order valence-electron chi connectivity index (χ1n) is 9.80. The van der Waals surface area contributed by atoms with Gasteiger partial charge in [0.25, 0.3) is 0 Å². The molecule has 150 valence electrons. The van der Waals surface area contributed by atoms with Crippen LogP contribution in [0.4, 0.5) is 0 Å². The molecule has 0 aliphatic carbocycles. The van der Waals surface area contributed by atoms with E-state index in [1.54, 1.807) is 0 Å². The highest BCUT2D eigenvalue weighted by Gasteiger charge is 2.19. The zero-order valence-electron chi connectivity index (χ0n) is 17.4. The maximum absolute atomic E-state index is 11.5. The predicted octanol–water partition coefficient (Wildman–Crippen LogP) is 5.99. The second kappa shape index (κ2) is 11.5. The van der Waals surface area contributed by atoms with Crippen LogP contribution in [0.25, 0.3) is 0 Å². The summed E-state index contributed by atoms with van der Waals surface area (Å²) in [7, 11) is 0. The highest BCUT2D eigenvalue weighted by Crippen LogP contribution is 2.40. The maximum atomic E-state index is 11.5. The average Bonchev–Trinajstić information content (AvgIpc) is 2.57. The third kappa shape index (κ3) is 7.90. The van der Waals surface area contributed by atoms with E-state index >= 15 is 0 Å². The number of hydrogen-bond acceptors (Lipinski definition) is 4. The van der Waals surface area contributed by atoms with Crippen LogP contribution in [0.2, 0.25) is 0 Å². The number of benzene rings is 1. The summed E-state index contributed by atoms with van der Waals surface area (Å²) in [5.74, 6) is -0.445. The Morgan fingerprint density at radius 3 is 2.33 bits per heavy atom. The van der Waals surface area contributed by atoms with Crippen LogP contribution in [0.15, 0.2) is 29.4 Å². The normalized spacial score (nSPS) is 11.4. The predicted molar refractivity (Wildman–Crippen MR) is 110 cm³/mol. The summed E-state index contributed by atoms with van der Waals surface area (Å²) in [4.78, 5) is 11.5. The number of phenols is 2. The van der Waals surface area contributed by atoms with E-state index in [1.807, 2.05) is 0 Å². The van der Waals surface area contributed by atoms with Crippen LogP contribution in [0.5, 0.6) is 17.2 Å². The summed E-state index contributed by atoms with van der Waals surface area (Å²) in [6.45, 7) is 9.70. The summed E-state index contributed by atoms with van der Waals surface area (Å²) in [5, 5.41) is 20.6. The zero-order chi connectivity index (χ0) is 20.4. The Labute approximate surface area is 163 Å². The van der Waals surface area contributed by atoms with Crippen LogP contribution in [0.3, 0.4) is 0 Å². The van der Waals surface area contributed by atoms with Gasteiger partial charge in [0.05, 0.1) is 0 Å². The first-order chi connectivity index (χ1) is 12.8. The van der Waals surface area contributed by atoms with Gasteiger partial charge >= 0.3 is 5.97 Å². The van der Waals surface area contributed by atoms with Crippen molar-refractivity contribution >= 4 is 5.97 Å². The fraction of sp³-hybridized carbons (Fsp3) is 0.522. The van der Waals surface area contributed by atoms with Gasteiger partial charge in [-0.15, -0.1) is 0 Å². The molecule has 1 aromatic carbocycles. The molecule has 0 aliphatic heterocycles. The Bertz CT molecular complexity index is 695. The van der Waals surface area contributed by atoms with E-state index in [9.17, 15) is 15.0 Å². The number of esters is 1. The van der Waals surface area contributed by atoms with Crippen LogP contribution in [-0.4, -0.2) is 16.2 Å². The molecular formula is C23H34O4. The minimum absolute atomic E-state index is 0.0447. The SMILES string of the molecule is CCCCCc1c(CC=C(C)CCC=C(C)C)c(O)cc(O)c1OC(C)=O. The lowest BCUT2D eigenvalue weighted by Crippen LogP contribution is -2.07. The number of carbonyl (C=O) groups excluding carboxylic acids is 1. The standard InChI is InChI=1S/C23H34O4/c1-6-7-8-12-20-19(14-13-17(4)11-9-10-16(2)3)21(25)15-22(26)23(20)27-18(5)24/h10,13,15,25-26H,6-9,11-12,14H2,1-5H3. The van der Waals surface area contributed by atoms with Gasteiger partial charge in [-0.25, -0.2) is 0 Å². The van der Waals surface area contributed by atoms with E-state index in [1.165, 1.54) is 24.1 Å². The summed E-state index contributed by atoms with van der Waals surface area (Å²) in [6.07, 6.45) is 10.5. The number of aromatic hydroxyl groups is 2. The minimum atomic E-state index is -0.480. The van der Waals surface area contributed by atoms with Gasteiger partial charge in [0.2, 0.25) is 0 Å². The second-order valence-corrected chi connectivity index (χ2v) is 7.33. The molecule has 0 aromatic heterocycles. The van der Waals surface area contributed by atoms with E-state index in [0.717, 1.165) is 43.2 Å². The highest BCUT2D eigenvalue weighted by molar-refractivity contribution is 5.72. The van der Waals surface area contributed by atoms with Crippen molar-refractivity contribution in [1.29, 1.82) is 0 Å². The lowest BCUT2D eigenvalue weighted by Gasteiger charge is -2.17. The van der Waals surface area contributed by atoms with Crippen molar-refractivity contribution in [1.82, 2.24) is 0 Å². The lowest BCUT2D eigenvalue weighted by atomic mass is 9.95. The van der Waals surface area contributed by atoms with E-state index in [4.69, 9.17) is 4.74 Å². The Kier molecular flexibility index (Phi) is 9.70. The fourth-order valence-corrected chi connectivity index (χ4v) is 3.00. The van der Waals surface area contributed by atoms with Crippen molar-refractivity contribution in [3.05, 3.63) is 40.5 Å². The monoisotopic (exact) mass is 374 g/mol. The molecule has 4 heteroatoms. The molecule has 1 rings (SSSR count). The molecule has 0 bridgehead atoms. The zero-order valence-corrected chi connectivity index (χ0v) is 17.4. The number of ether oxygens (including phenoxy) is 1. The number of rotatable bonds is 10. The van der Waals surface area contributed by atoms with Crippen LogP contribution in [0.1, 0.15) is 77.8 Å². The van der Waals surface area contributed by atoms with E-state index in [2.05, 4.69) is 39.8 Å². The Balaban J connectivity index is 3.14. The molecule has 0 aliphatic rings. The van der Waals surface area contributed by atoms with Gasteiger partial charge in [0.15, 0.2) is 11.5 Å². The quantitative estimate of drug-likeness (QED) is 0.228.